The molecule has 1 heterocycles. The molecule has 0 bridgehead atoms. The molecule has 0 aliphatic heterocycles. The second kappa shape index (κ2) is 6.08. The molecular weight excluding hydrogens is 249 g/mol. The minimum atomic E-state index is -0.350. The van der Waals surface area contributed by atoms with Gasteiger partial charge in [-0.1, -0.05) is 18.1 Å². The summed E-state index contributed by atoms with van der Waals surface area (Å²) in [7, 11) is 0. The third kappa shape index (κ3) is 3.61. The number of nitrogens with zero attached hydrogens (tertiary/aromatic N) is 3. The average molecular weight is 263 g/mol. The second-order valence-electron chi connectivity index (χ2n) is 3.96. The first-order valence-corrected chi connectivity index (χ1v) is 5.92. The van der Waals surface area contributed by atoms with Crippen LogP contribution in [0.4, 0.5) is 4.39 Å². The number of oxime groups is 1. The highest BCUT2D eigenvalue weighted by molar-refractivity contribution is 5.80. The minimum absolute atomic E-state index is 0.0969. The van der Waals surface area contributed by atoms with E-state index >= 15 is 0 Å². The van der Waals surface area contributed by atoms with Crippen LogP contribution in [0.25, 0.3) is 11.5 Å². The number of aromatic nitrogens is 2. The molecule has 0 aliphatic rings. The molecule has 100 valence electrons. The summed E-state index contributed by atoms with van der Waals surface area (Å²) in [5, 5.41) is 11.5. The van der Waals surface area contributed by atoms with Crippen LogP contribution in [0.5, 0.6) is 0 Å². The van der Waals surface area contributed by atoms with Gasteiger partial charge in [-0.2, -0.15) is 0 Å². The van der Waals surface area contributed by atoms with Crippen LogP contribution in [0, 0.1) is 5.82 Å². The lowest BCUT2D eigenvalue weighted by Gasteiger charge is -1.96. The summed E-state index contributed by atoms with van der Waals surface area (Å²) in [5.74, 6) is 0.206. The number of rotatable bonds is 5. The molecule has 0 unspecified atom stereocenters. The third-order valence-electron chi connectivity index (χ3n) is 2.46. The zero-order valence-electron chi connectivity index (χ0n) is 10.8. The van der Waals surface area contributed by atoms with E-state index in [1.807, 2.05) is 13.8 Å². The number of halogens is 1. The molecule has 5 nitrogen and oxygen atoms in total. The van der Waals surface area contributed by atoms with Crippen molar-refractivity contribution in [2.75, 3.05) is 0 Å². The quantitative estimate of drug-likeness (QED) is 0.614. The van der Waals surface area contributed by atoms with Crippen LogP contribution < -0.4 is 0 Å². The van der Waals surface area contributed by atoms with Gasteiger partial charge in [-0.05, 0) is 31.5 Å². The summed E-state index contributed by atoms with van der Waals surface area (Å²) in [4.78, 5) is 5.06. The first-order valence-electron chi connectivity index (χ1n) is 5.92. The number of hydrogen-bond acceptors (Lipinski definition) is 5. The van der Waals surface area contributed by atoms with E-state index in [9.17, 15) is 4.39 Å². The zero-order valence-corrected chi connectivity index (χ0v) is 10.8. The van der Waals surface area contributed by atoms with E-state index in [0.29, 0.717) is 11.5 Å². The van der Waals surface area contributed by atoms with E-state index < -0.39 is 0 Å². The van der Waals surface area contributed by atoms with Crippen molar-refractivity contribution >= 4 is 5.71 Å². The Morgan fingerprint density at radius 3 is 3.00 bits per heavy atom. The fourth-order valence-electron chi connectivity index (χ4n) is 1.31. The maximum absolute atomic E-state index is 13.1. The topological polar surface area (TPSA) is 60.5 Å². The Labute approximate surface area is 110 Å². The van der Waals surface area contributed by atoms with E-state index in [2.05, 4.69) is 15.4 Å². The van der Waals surface area contributed by atoms with Crippen LogP contribution in [0.1, 0.15) is 26.2 Å². The van der Waals surface area contributed by atoms with Crippen LogP contribution in [-0.2, 0) is 11.4 Å². The van der Waals surface area contributed by atoms with Crippen molar-refractivity contribution in [3.8, 4) is 11.5 Å². The van der Waals surface area contributed by atoms with Gasteiger partial charge >= 0.3 is 0 Å². The van der Waals surface area contributed by atoms with E-state index in [1.165, 1.54) is 12.1 Å². The van der Waals surface area contributed by atoms with Crippen LogP contribution in [0.15, 0.2) is 33.8 Å². The second-order valence-corrected chi connectivity index (χ2v) is 3.96. The maximum atomic E-state index is 13.1. The van der Waals surface area contributed by atoms with Crippen molar-refractivity contribution < 1.29 is 13.6 Å². The first-order chi connectivity index (χ1) is 9.19. The Morgan fingerprint density at radius 1 is 1.42 bits per heavy atom. The molecule has 0 spiro atoms. The molecule has 1 aromatic carbocycles. The summed E-state index contributed by atoms with van der Waals surface area (Å²) >= 11 is 0. The average Bonchev–Trinajstić information content (AvgIpc) is 2.87. The van der Waals surface area contributed by atoms with Gasteiger partial charge in [-0.3, -0.25) is 0 Å². The fraction of sp³-hybridized carbons (Fsp3) is 0.308. The van der Waals surface area contributed by atoms with Gasteiger partial charge in [0.1, 0.15) is 5.82 Å². The lowest BCUT2D eigenvalue weighted by atomic mass is 10.2. The molecule has 2 aromatic rings. The normalized spacial score (nSPS) is 11.6. The van der Waals surface area contributed by atoms with Crippen molar-refractivity contribution in [1.29, 1.82) is 0 Å². The Bertz CT molecular complexity index is 581. The van der Waals surface area contributed by atoms with Crippen LogP contribution in [-0.4, -0.2) is 15.9 Å². The van der Waals surface area contributed by atoms with Gasteiger partial charge in [-0.15, -0.1) is 10.2 Å². The Kier molecular flexibility index (Phi) is 4.22. The lowest BCUT2D eigenvalue weighted by Crippen LogP contribution is -1.92. The summed E-state index contributed by atoms with van der Waals surface area (Å²) in [6.45, 7) is 3.95. The first kappa shape index (κ1) is 13.2. The van der Waals surface area contributed by atoms with Gasteiger partial charge in [0.2, 0.25) is 5.89 Å². The third-order valence-corrected chi connectivity index (χ3v) is 2.46. The molecule has 0 fully saturated rings. The molecule has 0 N–H and O–H groups in total. The molecule has 0 radical (unpaired) electrons. The molecule has 1 aromatic heterocycles. The van der Waals surface area contributed by atoms with E-state index in [4.69, 9.17) is 9.25 Å². The summed E-state index contributed by atoms with van der Waals surface area (Å²) < 4.78 is 18.4. The van der Waals surface area contributed by atoms with Crippen molar-refractivity contribution in [3.63, 3.8) is 0 Å². The predicted molar refractivity (Wildman–Crippen MR) is 67.9 cm³/mol. The largest absolute Gasteiger partial charge is 0.417 e. The van der Waals surface area contributed by atoms with Gasteiger partial charge in [0, 0.05) is 5.56 Å². The highest BCUT2D eigenvalue weighted by Gasteiger charge is 2.09. The predicted octanol–water partition coefficient (Wildman–Crippen LogP) is 3.18. The molecule has 19 heavy (non-hydrogen) atoms. The van der Waals surface area contributed by atoms with Crippen molar-refractivity contribution in [1.82, 2.24) is 10.2 Å². The maximum Gasteiger partial charge on any atom is 0.257 e. The van der Waals surface area contributed by atoms with Crippen molar-refractivity contribution in [2.24, 2.45) is 5.16 Å². The Balaban J connectivity index is 2.03. The molecule has 0 saturated carbocycles. The van der Waals surface area contributed by atoms with E-state index in [-0.39, 0.29) is 18.3 Å². The Morgan fingerprint density at radius 2 is 2.26 bits per heavy atom. The van der Waals surface area contributed by atoms with Gasteiger partial charge in [0.25, 0.3) is 5.89 Å². The zero-order chi connectivity index (χ0) is 13.7. The minimum Gasteiger partial charge on any atom is -0.417 e. The lowest BCUT2D eigenvalue weighted by molar-refractivity contribution is 0.110. The van der Waals surface area contributed by atoms with Crippen molar-refractivity contribution in [2.45, 2.75) is 26.9 Å². The molecule has 0 saturated heterocycles. The smallest absolute Gasteiger partial charge is 0.257 e. The molecular formula is C13H14FN3O2. The molecule has 0 atom stereocenters. The van der Waals surface area contributed by atoms with Gasteiger partial charge in [0.05, 0.1) is 5.71 Å². The molecule has 0 amide bonds. The monoisotopic (exact) mass is 263 g/mol. The van der Waals surface area contributed by atoms with Crippen molar-refractivity contribution in [3.05, 3.63) is 36.0 Å². The Hall–Kier alpha value is -2.24. The highest BCUT2D eigenvalue weighted by atomic mass is 19.1. The van der Waals surface area contributed by atoms with Gasteiger partial charge < -0.3 is 9.25 Å². The molecule has 2 rings (SSSR count). The van der Waals surface area contributed by atoms with Gasteiger partial charge in [0.15, 0.2) is 6.61 Å². The van der Waals surface area contributed by atoms with Gasteiger partial charge in [-0.25, -0.2) is 4.39 Å². The molecule has 0 aliphatic carbocycles. The summed E-state index contributed by atoms with van der Waals surface area (Å²) in [5.41, 5.74) is 1.41. The van der Waals surface area contributed by atoms with Crippen LogP contribution >= 0.6 is 0 Å². The fourth-order valence-corrected chi connectivity index (χ4v) is 1.31. The van der Waals surface area contributed by atoms with E-state index in [0.717, 1.165) is 12.1 Å². The number of hydrogen-bond donors (Lipinski definition) is 0. The highest BCUT2D eigenvalue weighted by Crippen LogP contribution is 2.18. The SMILES string of the molecule is CCC(C)=NOCc1nnc(-c2cccc(F)c2)o1. The van der Waals surface area contributed by atoms with Crippen LogP contribution in [0.2, 0.25) is 0 Å². The standard InChI is InChI=1S/C13H14FN3O2/c1-3-9(2)17-18-8-12-15-16-13(19-12)10-5-4-6-11(14)7-10/h4-7H,3,8H2,1-2H3. The summed E-state index contributed by atoms with van der Waals surface area (Å²) in [6, 6.07) is 5.96. The number of benzene rings is 1. The molecule has 6 heteroatoms. The van der Waals surface area contributed by atoms with E-state index in [1.54, 1.807) is 12.1 Å². The van der Waals surface area contributed by atoms with Crippen LogP contribution in [0.3, 0.4) is 0 Å². The summed E-state index contributed by atoms with van der Waals surface area (Å²) in [6.07, 6.45) is 0.818.